The Morgan fingerprint density at radius 2 is 2.15 bits per heavy atom. The van der Waals surface area contributed by atoms with Crippen LogP contribution in [0.4, 0.5) is 0 Å². The summed E-state index contributed by atoms with van der Waals surface area (Å²) in [6.07, 6.45) is 5.12. The zero-order chi connectivity index (χ0) is 14.7. The van der Waals surface area contributed by atoms with Crippen LogP contribution in [0.3, 0.4) is 0 Å². The topological polar surface area (TPSA) is 54.4 Å². The first-order chi connectivity index (χ1) is 9.54. The molecule has 1 N–H and O–H groups in total. The molecule has 1 aromatic heterocycles. The highest BCUT2D eigenvalue weighted by Crippen LogP contribution is 2.28. The second kappa shape index (κ2) is 6.25. The summed E-state index contributed by atoms with van der Waals surface area (Å²) in [4.78, 5) is 20.1. The van der Waals surface area contributed by atoms with Gasteiger partial charge in [0, 0.05) is 17.0 Å². The van der Waals surface area contributed by atoms with Crippen LogP contribution in [-0.2, 0) is 22.5 Å². The van der Waals surface area contributed by atoms with Crippen LogP contribution in [0.15, 0.2) is 5.16 Å². The summed E-state index contributed by atoms with van der Waals surface area (Å²) in [6.45, 7) is 7.92. The lowest BCUT2D eigenvalue weighted by Crippen LogP contribution is -2.15. The monoisotopic (exact) mass is 276 g/mol. The molecule has 0 aliphatic heterocycles. The van der Waals surface area contributed by atoms with E-state index >= 15 is 0 Å². The van der Waals surface area contributed by atoms with Crippen molar-refractivity contribution in [3.63, 3.8) is 0 Å². The van der Waals surface area contributed by atoms with Crippen LogP contribution in [-0.4, -0.2) is 16.7 Å². The van der Waals surface area contributed by atoms with Crippen molar-refractivity contribution >= 4 is 11.7 Å². The number of aryl methyl sites for hydroxylation is 2. The average molecular weight is 276 g/mol. The SMILES string of the molecule is CCCc1c(C)[nH]c2c1/C(=N\OC(=O)C(C)C)CCC2. The number of oxime groups is 1. The van der Waals surface area contributed by atoms with Crippen LogP contribution in [0.25, 0.3) is 0 Å². The molecule has 1 aliphatic carbocycles. The predicted octanol–water partition coefficient (Wildman–Crippen LogP) is 3.52. The van der Waals surface area contributed by atoms with E-state index in [1.54, 1.807) is 0 Å². The van der Waals surface area contributed by atoms with Crippen molar-refractivity contribution in [2.75, 3.05) is 0 Å². The lowest BCUT2D eigenvalue weighted by molar-refractivity contribution is -0.147. The van der Waals surface area contributed by atoms with Gasteiger partial charge in [-0.25, -0.2) is 4.79 Å². The van der Waals surface area contributed by atoms with Gasteiger partial charge in [0.15, 0.2) is 0 Å². The molecular weight excluding hydrogens is 252 g/mol. The molecule has 4 heteroatoms. The fourth-order valence-electron chi connectivity index (χ4n) is 2.69. The standard InChI is InChI=1S/C16H24N2O2/c1-5-7-12-11(4)17-13-8-6-9-14(15(12)13)18-20-16(19)10(2)3/h10,17H,5-9H2,1-4H3/b18-14-. The van der Waals surface area contributed by atoms with E-state index in [0.29, 0.717) is 0 Å². The first-order valence-electron chi connectivity index (χ1n) is 7.53. The van der Waals surface area contributed by atoms with Gasteiger partial charge in [-0.15, -0.1) is 0 Å². The molecule has 110 valence electrons. The Morgan fingerprint density at radius 1 is 1.40 bits per heavy atom. The number of H-pyrrole nitrogens is 1. The van der Waals surface area contributed by atoms with E-state index in [1.165, 1.54) is 22.5 Å². The molecule has 1 aromatic rings. The first-order valence-corrected chi connectivity index (χ1v) is 7.53. The molecule has 0 fully saturated rings. The molecular formula is C16H24N2O2. The number of nitrogens with zero attached hydrogens (tertiary/aromatic N) is 1. The fraction of sp³-hybridized carbons (Fsp3) is 0.625. The van der Waals surface area contributed by atoms with Crippen molar-refractivity contribution in [3.05, 3.63) is 22.5 Å². The Hall–Kier alpha value is -1.58. The van der Waals surface area contributed by atoms with Crippen LogP contribution in [0.1, 0.15) is 62.5 Å². The average Bonchev–Trinajstić information content (AvgIpc) is 2.73. The lowest BCUT2D eigenvalue weighted by Gasteiger charge is -2.15. The summed E-state index contributed by atoms with van der Waals surface area (Å²) in [5.41, 5.74) is 5.93. The highest BCUT2D eigenvalue weighted by Gasteiger charge is 2.23. The third kappa shape index (κ3) is 2.94. The Morgan fingerprint density at radius 3 is 2.80 bits per heavy atom. The maximum atomic E-state index is 11.6. The van der Waals surface area contributed by atoms with Gasteiger partial charge in [0.1, 0.15) is 0 Å². The van der Waals surface area contributed by atoms with Gasteiger partial charge in [-0.1, -0.05) is 32.3 Å². The minimum absolute atomic E-state index is 0.148. The van der Waals surface area contributed by atoms with Gasteiger partial charge in [-0.2, -0.15) is 0 Å². The summed E-state index contributed by atoms with van der Waals surface area (Å²) in [6, 6.07) is 0. The zero-order valence-corrected chi connectivity index (χ0v) is 12.9. The molecule has 0 saturated carbocycles. The summed E-state index contributed by atoms with van der Waals surface area (Å²) in [7, 11) is 0. The molecule has 0 atom stereocenters. The molecule has 1 aliphatic rings. The summed E-state index contributed by atoms with van der Waals surface area (Å²) >= 11 is 0. The second-order valence-electron chi connectivity index (χ2n) is 5.79. The Bertz CT molecular complexity index is 527. The van der Waals surface area contributed by atoms with Crippen molar-refractivity contribution < 1.29 is 9.63 Å². The highest BCUT2D eigenvalue weighted by molar-refractivity contribution is 6.04. The molecule has 2 rings (SSSR count). The molecule has 0 bridgehead atoms. The maximum absolute atomic E-state index is 11.6. The van der Waals surface area contributed by atoms with E-state index in [4.69, 9.17) is 4.84 Å². The maximum Gasteiger partial charge on any atom is 0.337 e. The number of hydrogen-bond donors (Lipinski definition) is 1. The van der Waals surface area contributed by atoms with Gasteiger partial charge < -0.3 is 9.82 Å². The highest BCUT2D eigenvalue weighted by atomic mass is 16.7. The van der Waals surface area contributed by atoms with Crippen LogP contribution in [0, 0.1) is 12.8 Å². The summed E-state index contributed by atoms with van der Waals surface area (Å²) in [5, 5.41) is 4.15. The number of hydrogen-bond acceptors (Lipinski definition) is 3. The first kappa shape index (κ1) is 14.8. The number of rotatable bonds is 4. The largest absolute Gasteiger partial charge is 0.362 e. The van der Waals surface area contributed by atoms with Crippen molar-refractivity contribution in [1.82, 2.24) is 4.98 Å². The van der Waals surface area contributed by atoms with Gasteiger partial charge in [-0.05, 0) is 38.2 Å². The molecule has 0 saturated heterocycles. The van der Waals surface area contributed by atoms with Gasteiger partial charge >= 0.3 is 5.97 Å². The minimum atomic E-state index is -0.270. The van der Waals surface area contributed by atoms with E-state index < -0.39 is 0 Å². The third-order valence-electron chi connectivity index (χ3n) is 3.74. The number of aromatic nitrogens is 1. The van der Waals surface area contributed by atoms with Gasteiger partial charge in [-0.3, -0.25) is 0 Å². The Kier molecular flexibility index (Phi) is 4.63. The quantitative estimate of drug-likeness (QED) is 0.675. The van der Waals surface area contributed by atoms with Gasteiger partial charge in [0.05, 0.1) is 11.6 Å². The molecule has 20 heavy (non-hydrogen) atoms. The van der Waals surface area contributed by atoms with E-state index in [2.05, 4.69) is 24.0 Å². The Labute approximate surface area is 120 Å². The molecule has 0 amide bonds. The fourth-order valence-corrected chi connectivity index (χ4v) is 2.69. The van der Waals surface area contributed by atoms with Gasteiger partial charge in [0.2, 0.25) is 0 Å². The molecule has 0 aromatic carbocycles. The molecule has 0 radical (unpaired) electrons. The van der Waals surface area contributed by atoms with Crippen molar-refractivity contribution in [3.8, 4) is 0 Å². The number of carbonyl (C=O) groups excluding carboxylic acids is 1. The van der Waals surface area contributed by atoms with E-state index in [-0.39, 0.29) is 11.9 Å². The minimum Gasteiger partial charge on any atom is -0.362 e. The van der Waals surface area contributed by atoms with Crippen molar-refractivity contribution in [1.29, 1.82) is 0 Å². The smallest absolute Gasteiger partial charge is 0.337 e. The van der Waals surface area contributed by atoms with E-state index in [1.807, 2.05) is 13.8 Å². The second-order valence-corrected chi connectivity index (χ2v) is 5.79. The number of fused-ring (bicyclic) bond motifs is 1. The summed E-state index contributed by atoms with van der Waals surface area (Å²) < 4.78 is 0. The third-order valence-corrected chi connectivity index (χ3v) is 3.74. The lowest BCUT2D eigenvalue weighted by atomic mass is 9.91. The van der Waals surface area contributed by atoms with Gasteiger partial charge in [0.25, 0.3) is 0 Å². The predicted molar refractivity (Wildman–Crippen MR) is 79.9 cm³/mol. The molecule has 1 heterocycles. The van der Waals surface area contributed by atoms with Crippen LogP contribution >= 0.6 is 0 Å². The molecule has 0 unspecified atom stereocenters. The number of carbonyl (C=O) groups is 1. The number of nitrogens with one attached hydrogen (secondary N) is 1. The normalized spacial score (nSPS) is 16.6. The van der Waals surface area contributed by atoms with Crippen LogP contribution in [0.5, 0.6) is 0 Å². The van der Waals surface area contributed by atoms with E-state index in [0.717, 1.165) is 37.8 Å². The Balaban J connectivity index is 2.31. The number of aromatic amines is 1. The van der Waals surface area contributed by atoms with Crippen molar-refractivity contribution in [2.24, 2.45) is 11.1 Å². The van der Waals surface area contributed by atoms with Crippen LogP contribution < -0.4 is 0 Å². The summed E-state index contributed by atoms with van der Waals surface area (Å²) in [5.74, 6) is -0.417. The zero-order valence-electron chi connectivity index (χ0n) is 12.9. The molecule has 4 nitrogen and oxygen atoms in total. The van der Waals surface area contributed by atoms with Crippen molar-refractivity contribution in [2.45, 2.75) is 59.8 Å². The molecule has 0 spiro atoms. The van der Waals surface area contributed by atoms with Crippen LogP contribution in [0.2, 0.25) is 0 Å². The van der Waals surface area contributed by atoms with E-state index in [9.17, 15) is 4.79 Å².